The number of nitrogens with zero attached hydrogens (tertiary/aromatic N) is 1. The number of hydrogen-bond acceptors (Lipinski definition) is 2. The second-order valence-electron chi connectivity index (χ2n) is 6.07. The quantitative estimate of drug-likeness (QED) is 0.846. The fraction of sp³-hybridized carbons (Fsp3) is 0.600. The van der Waals surface area contributed by atoms with E-state index in [0.717, 1.165) is 31.7 Å². The van der Waals surface area contributed by atoms with Gasteiger partial charge in [-0.25, -0.2) is 13.2 Å². The van der Waals surface area contributed by atoms with Crippen molar-refractivity contribution < 1.29 is 13.2 Å². The molecule has 3 atom stereocenters. The summed E-state index contributed by atoms with van der Waals surface area (Å²) in [5.41, 5.74) is 6.23. The van der Waals surface area contributed by atoms with Crippen molar-refractivity contribution in [1.29, 1.82) is 0 Å². The van der Waals surface area contributed by atoms with Gasteiger partial charge in [0, 0.05) is 23.7 Å². The molecule has 0 radical (unpaired) electrons. The smallest absolute Gasteiger partial charge is 0.194 e. The molecule has 0 spiro atoms. The number of benzene rings is 1. The fourth-order valence-electron chi connectivity index (χ4n) is 3.80. The lowest BCUT2D eigenvalue weighted by atomic mass is 9.82. The molecule has 2 fully saturated rings. The van der Waals surface area contributed by atoms with Crippen molar-refractivity contribution in [1.82, 2.24) is 4.90 Å². The first-order chi connectivity index (χ1) is 9.49. The summed E-state index contributed by atoms with van der Waals surface area (Å²) in [5.74, 6) is -3.59. The zero-order valence-electron chi connectivity index (χ0n) is 11.5. The summed E-state index contributed by atoms with van der Waals surface area (Å²) < 4.78 is 40.2. The maximum absolute atomic E-state index is 13.8. The third-order valence-corrected chi connectivity index (χ3v) is 5.07. The van der Waals surface area contributed by atoms with E-state index < -0.39 is 23.5 Å². The highest BCUT2D eigenvalue weighted by molar-refractivity contribution is 5.24. The molecule has 110 valence electrons. The molecule has 1 aromatic rings. The number of piperidine rings is 1. The zero-order chi connectivity index (χ0) is 14.4. The van der Waals surface area contributed by atoms with E-state index in [1.165, 1.54) is 6.07 Å². The Hall–Kier alpha value is -1.07. The molecule has 0 saturated carbocycles. The van der Waals surface area contributed by atoms with Gasteiger partial charge in [0.15, 0.2) is 17.5 Å². The molecule has 3 unspecified atom stereocenters. The number of nitrogens with two attached hydrogens (primary N) is 1. The van der Waals surface area contributed by atoms with Crippen LogP contribution in [0.3, 0.4) is 0 Å². The lowest BCUT2D eigenvalue weighted by Crippen LogP contribution is -2.42. The largest absolute Gasteiger partial charge is 0.324 e. The van der Waals surface area contributed by atoms with Gasteiger partial charge in [-0.3, -0.25) is 0 Å². The number of hydrogen-bond donors (Lipinski definition) is 1. The van der Waals surface area contributed by atoms with Gasteiger partial charge in [-0.05, 0) is 44.7 Å². The maximum atomic E-state index is 13.8. The van der Waals surface area contributed by atoms with Crippen LogP contribution in [0.1, 0.15) is 37.3 Å². The van der Waals surface area contributed by atoms with Crippen LogP contribution in [0, 0.1) is 23.4 Å². The van der Waals surface area contributed by atoms with Crippen molar-refractivity contribution in [3.8, 4) is 0 Å². The van der Waals surface area contributed by atoms with Crippen molar-refractivity contribution in [2.24, 2.45) is 11.7 Å². The van der Waals surface area contributed by atoms with Gasteiger partial charge in [0.1, 0.15) is 0 Å². The first-order valence-electron chi connectivity index (χ1n) is 7.10. The van der Waals surface area contributed by atoms with Gasteiger partial charge in [-0.2, -0.15) is 0 Å². The van der Waals surface area contributed by atoms with Crippen molar-refractivity contribution in [3.05, 3.63) is 35.1 Å². The summed E-state index contributed by atoms with van der Waals surface area (Å²) in [6, 6.07) is 2.63. The molecular weight excluding hydrogens is 265 g/mol. The molecule has 2 bridgehead atoms. The average Bonchev–Trinajstić information content (AvgIpc) is 2.66. The Kier molecular flexibility index (Phi) is 3.50. The summed E-state index contributed by atoms with van der Waals surface area (Å²) in [4.78, 5) is 2.37. The van der Waals surface area contributed by atoms with Crippen molar-refractivity contribution in [2.45, 2.75) is 43.8 Å². The molecule has 2 nitrogen and oxygen atoms in total. The molecule has 0 amide bonds. The maximum Gasteiger partial charge on any atom is 0.194 e. The van der Waals surface area contributed by atoms with Gasteiger partial charge in [-0.15, -0.1) is 0 Å². The SMILES string of the molecule is CN1C2CCC1CC(C(N)c1ccc(F)c(F)c1F)C2. The Morgan fingerprint density at radius 1 is 1.10 bits per heavy atom. The van der Waals surface area contributed by atoms with Crippen LogP contribution in [0.5, 0.6) is 0 Å². The Balaban J connectivity index is 1.83. The molecule has 2 N–H and O–H groups in total. The van der Waals surface area contributed by atoms with Crippen LogP contribution in [-0.4, -0.2) is 24.0 Å². The lowest BCUT2D eigenvalue weighted by Gasteiger charge is -2.39. The summed E-state index contributed by atoms with van der Waals surface area (Å²) in [6.07, 6.45) is 4.08. The number of halogens is 3. The lowest BCUT2D eigenvalue weighted by molar-refractivity contribution is 0.120. The van der Waals surface area contributed by atoms with Crippen LogP contribution in [0.25, 0.3) is 0 Å². The van der Waals surface area contributed by atoms with Crippen LogP contribution in [0.4, 0.5) is 13.2 Å². The molecule has 5 heteroatoms. The average molecular weight is 284 g/mol. The van der Waals surface area contributed by atoms with Crippen LogP contribution in [0.15, 0.2) is 12.1 Å². The molecule has 2 aliphatic rings. The van der Waals surface area contributed by atoms with Crippen molar-refractivity contribution >= 4 is 0 Å². The van der Waals surface area contributed by atoms with Gasteiger partial charge < -0.3 is 10.6 Å². The van der Waals surface area contributed by atoms with E-state index in [2.05, 4.69) is 11.9 Å². The first-order valence-corrected chi connectivity index (χ1v) is 7.10. The molecule has 0 aliphatic carbocycles. The van der Waals surface area contributed by atoms with Crippen LogP contribution >= 0.6 is 0 Å². The van der Waals surface area contributed by atoms with E-state index in [-0.39, 0.29) is 11.5 Å². The monoisotopic (exact) mass is 284 g/mol. The van der Waals surface area contributed by atoms with E-state index in [1.807, 2.05) is 0 Å². The van der Waals surface area contributed by atoms with Crippen molar-refractivity contribution in [2.75, 3.05) is 7.05 Å². The topological polar surface area (TPSA) is 29.3 Å². The molecule has 1 aromatic carbocycles. The van der Waals surface area contributed by atoms with Crippen LogP contribution in [0.2, 0.25) is 0 Å². The molecule has 2 saturated heterocycles. The summed E-state index contributed by atoms with van der Waals surface area (Å²) in [6.45, 7) is 0. The number of rotatable bonds is 2. The van der Waals surface area contributed by atoms with Gasteiger partial charge >= 0.3 is 0 Å². The van der Waals surface area contributed by atoms with Gasteiger partial charge in [0.2, 0.25) is 0 Å². The fourth-order valence-corrected chi connectivity index (χ4v) is 3.80. The van der Waals surface area contributed by atoms with Crippen LogP contribution < -0.4 is 5.73 Å². The van der Waals surface area contributed by atoms with Crippen LogP contribution in [-0.2, 0) is 0 Å². The molecular formula is C15H19F3N2. The minimum Gasteiger partial charge on any atom is -0.324 e. The predicted molar refractivity (Wildman–Crippen MR) is 70.5 cm³/mol. The molecule has 3 rings (SSSR count). The van der Waals surface area contributed by atoms with E-state index in [4.69, 9.17) is 5.73 Å². The van der Waals surface area contributed by atoms with E-state index in [9.17, 15) is 13.2 Å². The van der Waals surface area contributed by atoms with Gasteiger partial charge in [-0.1, -0.05) is 6.07 Å². The standard InChI is InChI=1S/C15H19F3N2/c1-20-9-2-3-10(20)7-8(6-9)15(19)11-4-5-12(16)14(18)13(11)17/h4-5,8-10,15H,2-3,6-7,19H2,1H3. The third-order valence-electron chi connectivity index (χ3n) is 5.07. The normalized spacial score (nSPS) is 31.6. The summed E-state index contributed by atoms with van der Waals surface area (Å²) in [7, 11) is 2.11. The van der Waals surface area contributed by atoms with E-state index in [1.54, 1.807) is 0 Å². The Bertz CT molecular complexity index is 506. The highest BCUT2D eigenvalue weighted by Crippen LogP contribution is 2.42. The van der Waals surface area contributed by atoms with E-state index >= 15 is 0 Å². The third kappa shape index (κ3) is 2.13. The Labute approximate surface area is 116 Å². The van der Waals surface area contributed by atoms with Crippen molar-refractivity contribution in [3.63, 3.8) is 0 Å². The highest BCUT2D eigenvalue weighted by Gasteiger charge is 2.41. The minimum atomic E-state index is -1.42. The Morgan fingerprint density at radius 3 is 2.30 bits per heavy atom. The summed E-state index contributed by atoms with van der Waals surface area (Å²) in [5, 5.41) is 0. The molecule has 0 aromatic heterocycles. The zero-order valence-corrected chi connectivity index (χ0v) is 11.5. The number of fused-ring (bicyclic) bond motifs is 2. The van der Waals surface area contributed by atoms with E-state index in [0.29, 0.717) is 12.1 Å². The molecule has 2 aliphatic heterocycles. The highest BCUT2D eigenvalue weighted by atomic mass is 19.2. The first kappa shape index (κ1) is 13.9. The Morgan fingerprint density at radius 2 is 1.70 bits per heavy atom. The second-order valence-corrected chi connectivity index (χ2v) is 6.07. The van der Waals surface area contributed by atoms with Gasteiger partial charge in [0.25, 0.3) is 0 Å². The summed E-state index contributed by atoms with van der Waals surface area (Å²) >= 11 is 0. The second kappa shape index (κ2) is 5.04. The minimum absolute atomic E-state index is 0.0952. The molecule has 2 heterocycles. The predicted octanol–water partition coefficient (Wildman–Crippen LogP) is 2.98. The van der Waals surface area contributed by atoms with Gasteiger partial charge in [0.05, 0.1) is 0 Å². The molecule has 20 heavy (non-hydrogen) atoms.